The Kier molecular flexibility index (Phi) is 9.03. The van der Waals surface area contributed by atoms with Crippen LogP contribution in [0.3, 0.4) is 0 Å². The lowest BCUT2D eigenvalue weighted by atomic mass is 9.96. The maximum Gasteiger partial charge on any atom is 0.380 e. The molecule has 2 unspecified atom stereocenters. The van der Waals surface area contributed by atoms with Crippen molar-refractivity contribution in [3.05, 3.63) is 56.7 Å². The number of H-pyrrole nitrogens is 1. The fourth-order valence-electron chi connectivity index (χ4n) is 4.61. The fraction of sp³-hybridized carbons (Fsp3) is 0.577. The maximum atomic E-state index is 14.2. The number of carbonyl (C=O) groups excluding carboxylic acids is 1. The van der Waals surface area contributed by atoms with Crippen molar-refractivity contribution in [3.63, 3.8) is 0 Å². The topological polar surface area (TPSA) is 149 Å². The molecule has 40 heavy (non-hydrogen) atoms. The molecule has 2 aliphatic rings. The number of nitrogens with zero attached hydrogens (tertiary/aromatic N) is 1. The second-order valence-corrected chi connectivity index (χ2v) is 13.0. The van der Waals surface area contributed by atoms with Crippen molar-refractivity contribution in [1.82, 2.24) is 9.55 Å². The number of nitrogens with one attached hydrogen (secondary N) is 1. The van der Waals surface area contributed by atoms with E-state index in [0.29, 0.717) is 5.02 Å². The number of hydrogen-bond donors (Lipinski definition) is 3. The fourth-order valence-corrected chi connectivity index (χ4v) is 6.71. The second-order valence-electron chi connectivity index (χ2n) is 10.2. The molecule has 14 heteroatoms. The summed E-state index contributed by atoms with van der Waals surface area (Å²) in [5, 5.41) is 22.4. The zero-order valence-electron chi connectivity index (χ0n) is 24.0. The Morgan fingerprint density at radius 3 is 2.65 bits per heavy atom. The first-order valence-corrected chi connectivity index (χ1v) is 15.5. The molecule has 2 fully saturated rings. The predicted molar refractivity (Wildman–Crippen MR) is 149 cm³/mol. The van der Waals surface area contributed by atoms with Crippen LogP contribution in [0.1, 0.15) is 54.9 Å². The summed E-state index contributed by atoms with van der Waals surface area (Å²) in [6, 6.07) is 6.85. The molecular weight excluding hydrogens is 583 g/mol. The van der Waals surface area contributed by atoms with Gasteiger partial charge in [-0.1, -0.05) is 24.9 Å². The van der Waals surface area contributed by atoms with E-state index in [2.05, 4.69) is 4.98 Å². The van der Waals surface area contributed by atoms with Crippen molar-refractivity contribution < 1.29 is 40.8 Å². The summed E-state index contributed by atoms with van der Waals surface area (Å²) in [6.45, 7) is -0.364. The number of rotatable bonds is 10. The Morgan fingerprint density at radius 2 is 2.00 bits per heavy atom. The predicted octanol–water partition coefficient (Wildman–Crippen LogP) is 4.37. The Balaban J connectivity index is 1.59. The van der Waals surface area contributed by atoms with E-state index in [0.717, 1.165) is 42.7 Å². The first-order chi connectivity index (χ1) is 19.6. The highest BCUT2D eigenvalue weighted by atomic mass is 35.5. The number of aromatic nitrogens is 2. The van der Waals surface area contributed by atoms with E-state index in [9.17, 15) is 24.4 Å². The van der Waals surface area contributed by atoms with E-state index in [1.54, 1.807) is 0 Å². The molecule has 0 amide bonds. The second kappa shape index (κ2) is 12.9. The van der Waals surface area contributed by atoms with E-state index < -0.39 is 61.8 Å². The molecule has 2 heterocycles. The van der Waals surface area contributed by atoms with Crippen LogP contribution in [0.5, 0.6) is 5.75 Å². The molecule has 0 spiro atoms. The minimum Gasteiger partial charge on any atom is -0.462 e. The molecule has 1 saturated carbocycles. The van der Waals surface area contributed by atoms with Gasteiger partial charge in [0.05, 0.1) is 21.4 Å². The molecule has 1 aliphatic carbocycles. The molecule has 1 aromatic carbocycles. The van der Waals surface area contributed by atoms with Crippen LogP contribution in [-0.4, -0.2) is 62.4 Å². The smallest absolute Gasteiger partial charge is 0.380 e. The van der Waals surface area contributed by atoms with Crippen molar-refractivity contribution in [3.8, 4) is 5.75 Å². The van der Waals surface area contributed by atoms with Crippen molar-refractivity contribution in [2.24, 2.45) is 5.92 Å². The molecule has 6 atom stereocenters. The normalized spacial score (nSPS) is 28.7. The standard InChI is InChI=1S/C26H34ClN2O9PS/c1-16(23(32)36-18-6-4-3-5-7-18)15-39(34,38-19-10-8-17(27)9-11-19)35-14-20-22(31)26(2,33)24(37-20)29-13-12-21(30)28-25(29)40/h8-13,16,18,20,22,24,31,33H,3-7,14-15H2,1-2H3,(H,28,30,40)/t16-,20-,22+,24-,26?,39?/m1/s1/i14D2. The van der Waals surface area contributed by atoms with Crippen LogP contribution in [0.25, 0.3) is 0 Å². The van der Waals surface area contributed by atoms with Gasteiger partial charge < -0.3 is 24.2 Å². The summed E-state index contributed by atoms with van der Waals surface area (Å²) in [4.78, 5) is 26.9. The first kappa shape index (κ1) is 28.1. The minimum atomic E-state index is -4.54. The molecule has 1 aromatic heterocycles. The number of halogens is 1. The SMILES string of the molecule is [2H]C([2H])(OP(=O)(C[C@@H](C)C(=O)OC1CCCCC1)Oc1ccc(Cl)cc1)[C@H]1O[C@@H](n2ccc(=O)[nH]c2=S)C(C)(O)[C@H]1O. The van der Waals surface area contributed by atoms with Crippen LogP contribution in [0.15, 0.2) is 41.3 Å². The largest absolute Gasteiger partial charge is 0.462 e. The van der Waals surface area contributed by atoms with Gasteiger partial charge in [-0.2, -0.15) is 0 Å². The molecule has 0 radical (unpaired) electrons. The van der Waals surface area contributed by atoms with E-state index in [-0.39, 0.29) is 16.6 Å². The monoisotopic (exact) mass is 618 g/mol. The molecule has 220 valence electrons. The summed E-state index contributed by atoms with van der Waals surface area (Å²) < 4.78 is 54.9. The third kappa shape index (κ3) is 7.42. The van der Waals surface area contributed by atoms with Crippen LogP contribution in [0.2, 0.25) is 5.02 Å². The molecule has 1 aliphatic heterocycles. The zero-order chi connectivity index (χ0) is 30.9. The molecule has 3 N–H and O–H groups in total. The number of aliphatic hydroxyl groups excluding tert-OH is 1. The Labute approximate surface area is 244 Å². The summed E-state index contributed by atoms with van der Waals surface area (Å²) in [5.74, 6) is -1.60. The van der Waals surface area contributed by atoms with Crippen molar-refractivity contribution in [2.45, 2.75) is 76.1 Å². The third-order valence-corrected chi connectivity index (χ3v) is 9.30. The van der Waals surface area contributed by atoms with Gasteiger partial charge in [0.15, 0.2) is 11.0 Å². The van der Waals surface area contributed by atoms with Crippen LogP contribution < -0.4 is 10.1 Å². The summed E-state index contributed by atoms with van der Waals surface area (Å²) in [7, 11) is -4.54. The van der Waals surface area contributed by atoms with Crippen molar-refractivity contribution >= 4 is 37.4 Å². The molecule has 1 saturated heterocycles. The lowest BCUT2D eigenvalue weighted by Gasteiger charge is -2.28. The van der Waals surface area contributed by atoms with E-state index in [4.69, 9.17) is 45.1 Å². The van der Waals surface area contributed by atoms with Gasteiger partial charge in [-0.25, -0.2) is 4.57 Å². The lowest BCUT2D eigenvalue weighted by molar-refractivity contribution is -0.154. The first-order valence-electron chi connectivity index (χ1n) is 13.9. The average Bonchev–Trinajstić information content (AvgIpc) is 3.14. The van der Waals surface area contributed by atoms with E-state index in [1.165, 1.54) is 44.3 Å². The molecule has 11 nitrogen and oxygen atoms in total. The summed E-state index contributed by atoms with van der Waals surface area (Å²) in [5.41, 5.74) is -2.64. The van der Waals surface area contributed by atoms with E-state index >= 15 is 0 Å². The van der Waals surface area contributed by atoms with Gasteiger partial charge in [0.1, 0.15) is 29.7 Å². The molecule has 0 bridgehead atoms. The summed E-state index contributed by atoms with van der Waals surface area (Å²) in [6.07, 6.45) is -0.467. The van der Waals surface area contributed by atoms with E-state index in [1.807, 2.05) is 0 Å². The highest BCUT2D eigenvalue weighted by Gasteiger charge is 2.53. The average molecular weight is 619 g/mol. The number of hydrogen-bond acceptors (Lipinski definition) is 10. The van der Waals surface area contributed by atoms with Gasteiger partial charge in [-0.15, -0.1) is 0 Å². The number of carbonyl (C=O) groups is 1. The van der Waals surface area contributed by atoms with Gasteiger partial charge in [0.2, 0.25) is 0 Å². The van der Waals surface area contributed by atoms with Gasteiger partial charge >= 0.3 is 13.6 Å². The van der Waals surface area contributed by atoms with Gasteiger partial charge in [0.25, 0.3) is 5.56 Å². The number of aromatic amines is 1. The van der Waals surface area contributed by atoms with Crippen LogP contribution in [0.4, 0.5) is 0 Å². The van der Waals surface area contributed by atoms with Crippen LogP contribution in [0, 0.1) is 10.7 Å². The van der Waals surface area contributed by atoms with Gasteiger partial charge in [0, 0.05) is 17.3 Å². The Bertz CT molecular complexity index is 1430. The van der Waals surface area contributed by atoms with Gasteiger partial charge in [-0.3, -0.25) is 23.7 Å². The zero-order valence-corrected chi connectivity index (χ0v) is 24.5. The Hall–Kier alpha value is -2.05. The minimum absolute atomic E-state index is 0.0312. The molecular formula is C26H34ClN2O9PS. The number of aliphatic hydroxyl groups is 2. The number of esters is 1. The quantitative estimate of drug-likeness (QED) is 0.199. The van der Waals surface area contributed by atoms with Crippen molar-refractivity contribution in [1.29, 1.82) is 0 Å². The van der Waals surface area contributed by atoms with Crippen molar-refractivity contribution in [2.75, 3.05) is 12.7 Å². The van der Waals surface area contributed by atoms with Crippen LogP contribution in [-0.2, 0) is 23.4 Å². The van der Waals surface area contributed by atoms with Gasteiger partial charge in [-0.05, 0) is 69.1 Å². The maximum absolute atomic E-state index is 14.2. The number of benzene rings is 1. The highest BCUT2D eigenvalue weighted by molar-refractivity contribution is 7.71. The van der Waals surface area contributed by atoms with Crippen LogP contribution >= 0.6 is 31.4 Å². The Morgan fingerprint density at radius 1 is 1.32 bits per heavy atom. The molecule has 2 aromatic rings. The summed E-state index contributed by atoms with van der Waals surface area (Å²) >= 11 is 11.1. The lowest BCUT2D eigenvalue weighted by Crippen LogP contribution is -2.44. The highest BCUT2D eigenvalue weighted by Crippen LogP contribution is 2.51. The number of ether oxygens (including phenoxy) is 2. The molecule has 4 rings (SSSR count). The third-order valence-electron chi connectivity index (χ3n) is 6.87.